The third-order valence-corrected chi connectivity index (χ3v) is 6.22. The number of fused-ring (bicyclic) bond motifs is 1. The molecule has 2 aliphatic rings. The molecule has 3 heterocycles. The van der Waals surface area contributed by atoms with Crippen LogP contribution in [0.2, 0.25) is 0 Å². The molecular formula is C22H28N2O2S. The first-order chi connectivity index (χ1) is 12.9. The van der Waals surface area contributed by atoms with Crippen molar-refractivity contribution in [2.75, 3.05) is 13.1 Å². The van der Waals surface area contributed by atoms with Gasteiger partial charge in [-0.2, -0.15) is 0 Å². The number of hydrogen-bond donors (Lipinski definition) is 0. The van der Waals surface area contributed by atoms with Crippen molar-refractivity contribution in [3.05, 3.63) is 46.3 Å². The number of benzene rings is 1. The minimum absolute atomic E-state index is 0.232. The Hall–Kier alpha value is -1.85. The fourth-order valence-corrected chi connectivity index (χ4v) is 4.83. The summed E-state index contributed by atoms with van der Waals surface area (Å²) in [5.41, 5.74) is 3.24. The van der Waals surface area contributed by atoms with E-state index in [1.165, 1.54) is 52.4 Å². The molecule has 0 saturated carbocycles. The lowest BCUT2D eigenvalue weighted by molar-refractivity contribution is 0.0242. The Labute approximate surface area is 165 Å². The summed E-state index contributed by atoms with van der Waals surface area (Å²) in [4.78, 5) is 19.4. The van der Waals surface area contributed by atoms with Crippen LogP contribution in [0.15, 0.2) is 30.3 Å². The Kier molecular flexibility index (Phi) is 4.99. The normalized spacial score (nSPS) is 17.4. The number of rotatable bonds is 3. The molecule has 144 valence electrons. The molecule has 2 aromatic rings. The van der Waals surface area contributed by atoms with E-state index in [2.05, 4.69) is 35.2 Å². The number of likely N-dealkylation sites (tertiary alicyclic amines) is 1. The SMILES string of the molecule is CC(C)(C)OC(=O)N1Cc2ccc(-c3ccc(CN4CCCC4)s3)cc2C1. The Morgan fingerprint density at radius 3 is 2.56 bits per heavy atom. The first kappa shape index (κ1) is 18.5. The highest BCUT2D eigenvalue weighted by Gasteiger charge is 2.28. The van der Waals surface area contributed by atoms with Gasteiger partial charge in [-0.15, -0.1) is 11.3 Å². The van der Waals surface area contributed by atoms with E-state index in [4.69, 9.17) is 4.74 Å². The van der Waals surface area contributed by atoms with Crippen LogP contribution >= 0.6 is 11.3 Å². The molecule has 0 N–H and O–H groups in total. The van der Waals surface area contributed by atoms with E-state index in [9.17, 15) is 4.79 Å². The van der Waals surface area contributed by atoms with Crippen LogP contribution in [0.1, 0.15) is 49.6 Å². The van der Waals surface area contributed by atoms with Crippen molar-refractivity contribution in [1.29, 1.82) is 0 Å². The molecule has 0 atom stereocenters. The number of hydrogen-bond acceptors (Lipinski definition) is 4. The van der Waals surface area contributed by atoms with Crippen molar-refractivity contribution >= 4 is 17.4 Å². The Morgan fingerprint density at radius 1 is 1.07 bits per heavy atom. The molecule has 0 unspecified atom stereocenters. The highest BCUT2D eigenvalue weighted by molar-refractivity contribution is 7.15. The first-order valence-corrected chi connectivity index (χ1v) is 10.6. The lowest BCUT2D eigenvalue weighted by Crippen LogP contribution is -2.33. The van der Waals surface area contributed by atoms with E-state index in [1.54, 1.807) is 4.90 Å². The summed E-state index contributed by atoms with van der Waals surface area (Å²) in [6.07, 6.45) is 2.43. The highest BCUT2D eigenvalue weighted by Crippen LogP contribution is 2.33. The summed E-state index contributed by atoms with van der Waals surface area (Å²) in [5, 5.41) is 0. The van der Waals surface area contributed by atoms with Crippen LogP contribution in [0.3, 0.4) is 0 Å². The van der Waals surface area contributed by atoms with Crippen LogP contribution in [-0.4, -0.2) is 34.6 Å². The molecule has 1 amide bonds. The van der Waals surface area contributed by atoms with Gasteiger partial charge in [0.15, 0.2) is 0 Å². The third kappa shape index (κ3) is 4.36. The van der Waals surface area contributed by atoms with E-state index < -0.39 is 5.60 Å². The molecule has 5 heteroatoms. The number of carbonyl (C=O) groups excluding carboxylic acids is 1. The van der Waals surface area contributed by atoms with Crippen molar-refractivity contribution in [2.24, 2.45) is 0 Å². The minimum Gasteiger partial charge on any atom is -0.444 e. The molecule has 1 fully saturated rings. The largest absolute Gasteiger partial charge is 0.444 e. The van der Waals surface area contributed by atoms with Gasteiger partial charge in [-0.1, -0.05) is 12.1 Å². The van der Waals surface area contributed by atoms with Gasteiger partial charge < -0.3 is 4.74 Å². The minimum atomic E-state index is -0.459. The average molecular weight is 385 g/mol. The van der Waals surface area contributed by atoms with E-state index >= 15 is 0 Å². The van der Waals surface area contributed by atoms with E-state index in [0.717, 1.165) is 6.54 Å². The van der Waals surface area contributed by atoms with Gasteiger partial charge in [-0.3, -0.25) is 9.80 Å². The van der Waals surface area contributed by atoms with Crippen LogP contribution in [0.4, 0.5) is 4.79 Å². The number of nitrogens with zero attached hydrogens (tertiary/aromatic N) is 2. The van der Waals surface area contributed by atoms with E-state index in [-0.39, 0.29) is 6.09 Å². The van der Waals surface area contributed by atoms with Crippen molar-refractivity contribution in [2.45, 2.75) is 58.8 Å². The molecule has 1 saturated heterocycles. The maximum absolute atomic E-state index is 12.4. The zero-order valence-corrected chi connectivity index (χ0v) is 17.3. The molecular weight excluding hydrogens is 356 g/mol. The molecule has 0 bridgehead atoms. The van der Waals surface area contributed by atoms with Gasteiger partial charge in [0.25, 0.3) is 0 Å². The van der Waals surface area contributed by atoms with Crippen molar-refractivity contribution < 1.29 is 9.53 Å². The molecule has 1 aromatic heterocycles. The number of amides is 1. The van der Waals surface area contributed by atoms with Gasteiger partial charge in [0.2, 0.25) is 0 Å². The maximum atomic E-state index is 12.4. The summed E-state index contributed by atoms with van der Waals surface area (Å²) < 4.78 is 5.52. The molecule has 0 spiro atoms. The van der Waals surface area contributed by atoms with E-state index in [1.807, 2.05) is 32.1 Å². The summed E-state index contributed by atoms with van der Waals surface area (Å²) >= 11 is 1.89. The average Bonchev–Trinajstić information content (AvgIpc) is 3.33. The molecule has 4 rings (SSSR count). The second-order valence-corrected chi connectivity index (χ2v) is 9.74. The fourth-order valence-electron chi connectivity index (χ4n) is 3.78. The monoisotopic (exact) mass is 384 g/mol. The lowest BCUT2D eigenvalue weighted by atomic mass is 10.1. The van der Waals surface area contributed by atoms with Gasteiger partial charge in [-0.25, -0.2) is 4.79 Å². The second-order valence-electron chi connectivity index (χ2n) is 8.57. The van der Waals surface area contributed by atoms with E-state index in [0.29, 0.717) is 13.1 Å². The van der Waals surface area contributed by atoms with Crippen LogP contribution in [0.25, 0.3) is 10.4 Å². The second kappa shape index (κ2) is 7.28. The topological polar surface area (TPSA) is 32.8 Å². The lowest BCUT2D eigenvalue weighted by Gasteiger charge is -2.24. The molecule has 0 aliphatic carbocycles. The Bertz CT molecular complexity index is 831. The third-order valence-electron chi connectivity index (χ3n) is 5.10. The first-order valence-electron chi connectivity index (χ1n) is 9.78. The number of carbonyl (C=O) groups is 1. The molecule has 4 nitrogen and oxygen atoms in total. The van der Waals surface area contributed by atoms with Crippen molar-refractivity contribution in [1.82, 2.24) is 9.80 Å². The summed E-state index contributed by atoms with van der Waals surface area (Å²) in [6, 6.07) is 11.1. The van der Waals surface area contributed by atoms with Gasteiger partial charge in [0.05, 0.1) is 0 Å². The van der Waals surface area contributed by atoms with Crippen molar-refractivity contribution in [3.63, 3.8) is 0 Å². The quantitative estimate of drug-likeness (QED) is 0.723. The van der Waals surface area contributed by atoms with Gasteiger partial charge >= 0.3 is 6.09 Å². The molecule has 2 aliphatic heterocycles. The van der Waals surface area contributed by atoms with Crippen molar-refractivity contribution in [3.8, 4) is 10.4 Å². The van der Waals surface area contributed by atoms with Gasteiger partial charge in [0.1, 0.15) is 5.60 Å². The van der Waals surface area contributed by atoms with Gasteiger partial charge in [-0.05, 0) is 81.6 Å². The zero-order valence-electron chi connectivity index (χ0n) is 16.5. The van der Waals surface area contributed by atoms with Gasteiger partial charge in [0, 0.05) is 29.4 Å². The summed E-state index contributed by atoms with van der Waals surface area (Å²) in [5.74, 6) is 0. The fraction of sp³-hybridized carbons (Fsp3) is 0.500. The van der Waals surface area contributed by atoms with Crippen LogP contribution in [0.5, 0.6) is 0 Å². The number of thiophene rings is 1. The Morgan fingerprint density at radius 2 is 1.81 bits per heavy atom. The molecule has 27 heavy (non-hydrogen) atoms. The summed E-state index contributed by atoms with van der Waals surface area (Å²) in [7, 11) is 0. The van der Waals surface area contributed by atoms with Crippen LogP contribution in [-0.2, 0) is 24.4 Å². The summed E-state index contributed by atoms with van der Waals surface area (Å²) in [6.45, 7) is 10.5. The highest BCUT2D eigenvalue weighted by atomic mass is 32.1. The molecule has 1 aromatic carbocycles. The molecule has 0 radical (unpaired) electrons. The van der Waals surface area contributed by atoms with Crippen LogP contribution in [0, 0.1) is 0 Å². The predicted molar refractivity (Wildman–Crippen MR) is 110 cm³/mol. The predicted octanol–water partition coefficient (Wildman–Crippen LogP) is 5.26. The van der Waals surface area contributed by atoms with Crippen LogP contribution < -0.4 is 0 Å². The standard InChI is InChI=1S/C22H28N2O2S/c1-22(2,3)26-21(25)24-13-17-7-6-16(12-18(17)14-24)20-9-8-19(27-20)15-23-10-4-5-11-23/h6-9,12H,4-5,10-11,13-15H2,1-3H3. The maximum Gasteiger partial charge on any atom is 0.410 e. The smallest absolute Gasteiger partial charge is 0.410 e. The zero-order chi connectivity index (χ0) is 19.0. The number of ether oxygens (including phenoxy) is 1. The Balaban J connectivity index is 1.45.